The van der Waals surface area contributed by atoms with Gasteiger partial charge in [-0.05, 0) is 36.2 Å². The summed E-state index contributed by atoms with van der Waals surface area (Å²) < 4.78 is 11.6. The number of nitrogens with one attached hydrogen (secondary N) is 1. The lowest BCUT2D eigenvalue weighted by atomic mass is 9.97. The summed E-state index contributed by atoms with van der Waals surface area (Å²) in [6.45, 7) is 2.05. The van der Waals surface area contributed by atoms with E-state index in [0.29, 0.717) is 0 Å². The molecule has 0 fully saturated rings. The Morgan fingerprint density at radius 3 is 2.19 bits per heavy atom. The van der Waals surface area contributed by atoms with Crippen LogP contribution >= 0.6 is 15.9 Å². The molecular formula is C16H19BrN2O2. The molecule has 2 rings (SSSR count). The van der Waals surface area contributed by atoms with Crippen molar-refractivity contribution < 1.29 is 9.47 Å². The predicted molar refractivity (Wildman–Crippen MR) is 87.6 cm³/mol. The summed E-state index contributed by atoms with van der Waals surface area (Å²) in [6.07, 6.45) is 0. The fourth-order valence-corrected chi connectivity index (χ4v) is 2.72. The minimum Gasteiger partial charge on any atom is -0.497 e. The first-order valence-electron chi connectivity index (χ1n) is 6.54. The van der Waals surface area contributed by atoms with E-state index in [-0.39, 0.29) is 6.04 Å². The summed E-state index contributed by atoms with van der Waals surface area (Å²) in [5.41, 5.74) is 6.07. The molecule has 5 heteroatoms. The number of methoxy groups -OCH3 is 2. The van der Waals surface area contributed by atoms with Gasteiger partial charge in [0.2, 0.25) is 0 Å². The molecule has 2 aromatic carbocycles. The molecule has 0 bridgehead atoms. The number of nitrogens with two attached hydrogens (primary N) is 1. The van der Waals surface area contributed by atoms with Crippen molar-refractivity contribution in [2.45, 2.75) is 13.0 Å². The van der Waals surface area contributed by atoms with Crippen molar-refractivity contribution in [2.75, 3.05) is 14.2 Å². The van der Waals surface area contributed by atoms with Crippen molar-refractivity contribution in [3.8, 4) is 11.5 Å². The van der Waals surface area contributed by atoms with E-state index in [9.17, 15) is 0 Å². The number of hydrogen-bond acceptors (Lipinski definition) is 4. The number of halogens is 1. The number of ether oxygens (including phenoxy) is 2. The number of rotatable bonds is 5. The van der Waals surface area contributed by atoms with E-state index >= 15 is 0 Å². The third kappa shape index (κ3) is 3.56. The molecule has 2 aromatic rings. The van der Waals surface area contributed by atoms with E-state index in [1.165, 1.54) is 5.56 Å². The van der Waals surface area contributed by atoms with E-state index in [0.717, 1.165) is 27.1 Å². The number of benzene rings is 2. The Kier molecular flexibility index (Phi) is 5.22. The first kappa shape index (κ1) is 15.8. The van der Waals surface area contributed by atoms with Gasteiger partial charge in [0, 0.05) is 10.5 Å². The molecule has 0 heterocycles. The van der Waals surface area contributed by atoms with Gasteiger partial charge in [-0.25, -0.2) is 5.43 Å². The number of aryl methyl sites for hydroxylation is 1. The Balaban J connectivity index is 2.52. The van der Waals surface area contributed by atoms with E-state index in [1.807, 2.05) is 30.3 Å². The molecule has 1 unspecified atom stereocenters. The zero-order valence-electron chi connectivity index (χ0n) is 12.3. The van der Waals surface area contributed by atoms with Gasteiger partial charge in [-0.2, -0.15) is 0 Å². The highest BCUT2D eigenvalue weighted by Crippen LogP contribution is 2.33. The molecular weight excluding hydrogens is 332 g/mol. The normalized spacial score (nSPS) is 12.0. The van der Waals surface area contributed by atoms with Gasteiger partial charge in [0.1, 0.15) is 11.5 Å². The molecule has 0 amide bonds. The number of hydrogen-bond donors (Lipinski definition) is 2. The SMILES string of the molecule is COc1cc(OC)cc(C(NN)c2cc(C)ccc2Br)c1. The van der Waals surface area contributed by atoms with Gasteiger partial charge in [0.05, 0.1) is 20.3 Å². The van der Waals surface area contributed by atoms with Gasteiger partial charge >= 0.3 is 0 Å². The summed E-state index contributed by atoms with van der Waals surface area (Å²) in [5.74, 6) is 7.25. The van der Waals surface area contributed by atoms with Crippen LogP contribution in [0.2, 0.25) is 0 Å². The van der Waals surface area contributed by atoms with E-state index < -0.39 is 0 Å². The van der Waals surface area contributed by atoms with Crippen molar-refractivity contribution >= 4 is 15.9 Å². The third-order valence-corrected chi connectivity index (χ3v) is 4.06. The summed E-state index contributed by atoms with van der Waals surface area (Å²) in [4.78, 5) is 0. The van der Waals surface area contributed by atoms with Crippen LogP contribution < -0.4 is 20.7 Å². The highest BCUT2D eigenvalue weighted by Gasteiger charge is 2.17. The van der Waals surface area contributed by atoms with E-state index in [2.05, 4.69) is 34.3 Å². The van der Waals surface area contributed by atoms with Crippen LogP contribution in [-0.2, 0) is 0 Å². The van der Waals surface area contributed by atoms with E-state index in [4.69, 9.17) is 15.3 Å². The molecule has 4 nitrogen and oxygen atoms in total. The molecule has 3 N–H and O–H groups in total. The largest absolute Gasteiger partial charge is 0.497 e. The lowest BCUT2D eigenvalue weighted by Crippen LogP contribution is -2.29. The van der Waals surface area contributed by atoms with Gasteiger partial charge in [-0.3, -0.25) is 5.84 Å². The average Bonchev–Trinajstić information content (AvgIpc) is 2.51. The van der Waals surface area contributed by atoms with Gasteiger partial charge < -0.3 is 9.47 Å². The lowest BCUT2D eigenvalue weighted by molar-refractivity contribution is 0.392. The van der Waals surface area contributed by atoms with Crippen molar-refractivity contribution in [3.63, 3.8) is 0 Å². The Morgan fingerprint density at radius 2 is 1.67 bits per heavy atom. The summed E-state index contributed by atoms with van der Waals surface area (Å²) in [6, 6.07) is 11.7. The highest BCUT2D eigenvalue weighted by atomic mass is 79.9. The zero-order valence-corrected chi connectivity index (χ0v) is 13.9. The molecule has 112 valence electrons. The maximum atomic E-state index is 5.79. The van der Waals surface area contributed by atoms with E-state index in [1.54, 1.807) is 14.2 Å². The maximum absolute atomic E-state index is 5.79. The Morgan fingerprint density at radius 1 is 1.05 bits per heavy atom. The van der Waals surface area contributed by atoms with Gasteiger partial charge in [-0.15, -0.1) is 0 Å². The fraction of sp³-hybridized carbons (Fsp3) is 0.250. The highest BCUT2D eigenvalue weighted by molar-refractivity contribution is 9.10. The molecule has 0 aliphatic rings. The van der Waals surface area contributed by atoms with Crippen molar-refractivity contribution in [3.05, 3.63) is 57.6 Å². The van der Waals surface area contributed by atoms with Gasteiger partial charge in [-0.1, -0.05) is 33.6 Å². The summed E-state index contributed by atoms with van der Waals surface area (Å²) in [5, 5.41) is 0. The monoisotopic (exact) mass is 350 g/mol. The molecule has 0 saturated carbocycles. The average molecular weight is 351 g/mol. The lowest BCUT2D eigenvalue weighted by Gasteiger charge is -2.20. The van der Waals surface area contributed by atoms with Crippen LogP contribution in [0.4, 0.5) is 0 Å². The fourth-order valence-electron chi connectivity index (χ4n) is 2.25. The Bertz CT molecular complexity index is 609. The minimum absolute atomic E-state index is 0.164. The molecule has 21 heavy (non-hydrogen) atoms. The van der Waals surface area contributed by atoms with Crippen molar-refractivity contribution in [1.29, 1.82) is 0 Å². The van der Waals surface area contributed by atoms with Gasteiger partial charge in [0.15, 0.2) is 0 Å². The molecule has 0 radical (unpaired) electrons. The minimum atomic E-state index is -0.164. The molecule has 0 aromatic heterocycles. The van der Waals surface area contributed by atoms with Crippen molar-refractivity contribution in [2.24, 2.45) is 5.84 Å². The van der Waals surface area contributed by atoms with Crippen LogP contribution in [0.25, 0.3) is 0 Å². The maximum Gasteiger partial charge on any atom is 0.122 e. The molecule has 0 spiro atoms. The Hall–Kier alpha value is -1.56. The molecule has 1 atom stereocenters. The zero-order chi connectivity index (χ0) is 15.4. The Labute approximate surface area is 133 Å². The second-order valence-corrected chi connectivity index (χ2v) is 5.62. The smallest absolute Gasteiger partial charge is 0.122 e. The third-order valence-electron chi connectivity index (χ3n) is 3.34. The van der Waals surface area contributed by atoms with Crippen LogP contribution in [0.5, 0.6) is 11.5 Å². The van der Waals surface area contributed by atoms with Crippen LogP contribution in [0.1, 0.15) is 22.7 Å². The number of hydrazine groups is 1. The molecule has 0 saturated heterocycles. The molecule has 0 aliphatic heterocycles. The first-order chi connectivity index (χ1) is 10.1. The quantitative estimate of drug-likeness (QED) is 0.641. The predicted octanol–water partition coefficient (Wildman–Crippen LogP) is 3.33. The summed E-state index contributed by atoms with van der Waals surface area (Å²) in [7, 11) is 3.26. The molecule has 0 aliphatic carbocycles. The van der Waals surface area contributed by atoms with Crippen LogP contribution in [0.3, 0.4) is 0 Å². The second-order valence-electron chi connectivity index (χ2n) is 4.77. The van der Waals surface area contributed by atoms with Crippen LogP contribution in [0, 0.1) is 6.92 Å². The van der Waals surface area contributed by atoms with Crippen LogP contribution in [-0.4, -0.2) is 14.2 Å². The second kappa shape index (κ2) is 6.93. The topological polar surface area (TPSA) is 56.5 Å². The van der Waals surface area contributed by atoms with Gasteiger partial charge in [0.25, 0.3) is 0 Å². The van der Waals surface area contributed by atoms with Crippen molar-refractivity contribution in [1.82, 2.24) is 5.43 Å². The van der Waals surface area contributed by atoms with Crippen LogP contribution in [0.15, 0.2) is 40.9 Å². The summed E-state index contributed by atoms with van der Waals surface area (Å²) >= 11 is 3.58. The standard InChI is InChI=1S/C16H19BrN2O2/c1-10-4-5-15(17)14(6-10)16(19-18)11-7-12(20-2)9-13(8-11)21-3/h4-9,16,19H,18H2,1-3H3. The first-order valence-corrected chi connectivity index (χ1v) is 7.33.